The number of hydrogen-bond acceptors (Lipinski definition) is 5. The predicted octanol–water partition coefficient (Wildman–Crippen LogP) is 0.0838. The minimum absolute atomic E-state index is 0.223. The molecule has 1 aromatic heterocycles. The molecular weight excluding hydrogens is 258 g/mol. The number of anilines is 1. The monoisotopic (exact) mass is 271 g/mol. The van der Waals surface area contributed by atoms with Crippen molar-refractivity contribution in [3.8, 4) is 6.07 Å². The molecule has 20 heavy (non-hydrogen) atoms. The Bertz CT molecular complexity index is 638. The van der Waals surface area contributed by atoms with Crippen LogP contribution in [0.4, 0.5) is 10.6 Å². The molecule has 102 valence electrons. The molecule has 3 amide bonds. The average molecular weight is 271 g/mol. The van der Waals surface area contributed by atoms with Crippen LogP contribution in [0.3, 0.4) is 0 Å². The quantitative estimate of drug-likeness (QED) is 0.731. The number of nitrogens with zero attached hydrogens (tertiary/aromatic N) is 4. The first-order valence-electron chi connectivity index (χ1n) is 6.28. The van der Waals surface area contributed by atoms with Crippen LogP contribution in [-0.4, -0.2) is 47.5 Å². The molecule has 7 nitrogen and oxygen atoms in total. The number of aromatic nitrogens is 1. The van der Waals surface area contributed by atoms with Crippen molar-refractivity contribution < 1.29 is 9.59 Å². The van der Waals surface area contributed by atoms with Crippen molar-refractivity contribution >= 4 is 17.8 Å². The van der Waals surface area contributed by atoms with E-state index >= 15 is 0 Å². The number of urea groups is 1. The van der Waals surface area contributed by atoms with Crippen molar-refractivity contribution in [2.75, 3.05) is 25.0 Å². The summed E-state index contributed by atoms with van der Waals surface area (Å²) in [6.45, 7) is 0.916. The highest BCUT2D eigenvalue weighted by molar-refractivity contribution is 6.07. The zero-order valence-electron chi connectivity index (χ0n) is 11.0. The van der Waals surface area contributed by atoms with E-state index in [9.17, 15) is 9.59 Å². The van der Waals surface area contributed by atoms with Gasteiger partial charge in [-0.1, -0.05) is 0 Å². The van der Waals surface area contributed by atoms with Gasteiger partial charge in [0.05, 0.1) is 12.1 Å². The topological polar surface area (TPSA) is 89.3 Å². The summed E-state index contributed by atoms with van der Waals surface area (Å²) in [7, 11) is 1.47. The van der Waals surface area contributed by atoms with Crippen molar-refractivity contribution in [2.24, 2.45) is 0 Å². The number of amides is 3. The highest BCUT2D eigenvalue weighted by Crippen LogP contribution is 2.31. The zero-order valence-corrected chi connectivity index (χ0v) is 11.0. The van der Waals surface area contributed by atoms with Gasteiger partial charge in [-0.05, 0) is 18.6 Å². The lowest BCUT2D eigenvalue weighted by molar-refractivity contribution is -0.129. The SMILES string of the molecule is CN1C(=O)NC2(CCN(c3ncccc3C#N)C2)C1=O. The van der Waals surface area contributed by atoms with E-state index in [0.29, 0.717) is 30.9 Å². The normalized spacial score (nSPS) is 25.2. The Hall–Kier alpha value is -2.62. The first-order valence-corrected chi connectivity index (χ1v) is 6.28. The summed E-state index contributed by atoms with van der Waals surface area (Å²) in [5.74, 6) is 0.336. The second kappa shape index (κ2) is 4.20. The predicted molar refractivity (Wildman–Crippen MR) is 69.8 cm³/mol. The van der Waals surface area contributed by atoms with Crippen LogP contribution in [0.2, 0.25) is 0 Å². The number of pyridine rings is 1. The number of nitriles is 1. The van der Waals surface area contributed by atoms with Gasteiger partial charge in [0, 0.05) is 19.8 Å². The molecule has 0 saturated carbocycles. The van der Waals surface area contributed by atoms with Crippen LogP contribution in [0.1, 0.15) is 12.0 Å². The fourth-order valence-electron chi connectivity index (χ4n) is 2.76. The maximum Gasteiger partial charge on any atom is 0.324 e. The first-order chi connectivity index (χ1) is 9.57. The van der Waals surface area contributed by atoms with Gasteiger partial charge < -0.3 is 10.2 Å². The Kier molecular flexibility index (Phi) is 2.61. The van der Waals surface area contributed by atoms with Crippen LogP contribution < -0.4 is 10.2 Å². The smallest absolute Gasteiger partial charge is 0.324 e. The van der Waals surface area contributed by atoms with Gasteiger partial charge in [-0.15, -0.1) is 0 Å². The molecule has 0 aliphatic carbocycles. The molecular formula is C13H13N5O2. The molecule has 1 atom stereocenters. The van der Waals surface area contributed by atoms with Crippen LogP contribution in [0.15, 0.2) is 18.3 Å². The van der Waals surface area contributed by atoms with Gasteiger partial charge in [0.15, 0.2) is 0 Å². The summed E-state index contributed by atoms with van der Waals surface area (Å²) in [4.78, 5) is 31.0. The first kappa shape index (κ1) is 12.4. The van der Waals surface area contributed by atoms with E-state index < -0.39 is 5.54 Å². The summed E-state index contributed by atoms with van der Waals surface area (Å²) < 4.78 is 0. The van der Waals surface area contributed by atoms with Gasteiger partial charge >= 0.3 is 6.03 Å². The average Bonchev–Trinajstić information content (AvgIpc) is 2.98. The number of imide groups is 1. The van der Waals surface area contributed by atoms with E-state index in [1.165, 1.54) is 7.05 Å². The minimum atomic E-state index is -0.879. The van der Waals surface area contributed by atoms with Crippen molar-refractivity contribution in [3.63, 3.8) is 0 Å². The lowest BCUT2D eigenvalue weighted by Crippen LogP contribution is -2.49. The number of rotatable bonds is 1. The van der Waals surface area contributed by atoms with E-state index in [-0.39, 0.29) is 11.9 Å². The van der Waals surface area contributed by atoms with Crippen molar-refractivity contribution in [1.82, 2.24) is 15.2 Å². The summed E-state index contributed by atoms with van der Waals surface area (Å²) >= 11 is 0. The minimum Gasteiger partial charge on any atom is -0.353 e. The molecule has 1 N–H and O–H groups in total. The molecule has 1 unspecified atom stereocenters. The Morgan fingerprint density at radius 1 is 1.50 bits per heavy atom. The third-order valence-electron chi connectivity index (χ3n) is 3.84. The largest absolute Gasteiger partial charge is 0.353 e. The Labute approximate surface area is 115 Å². The molecule has 0 bridgehead atoms. The number of carbonyl (C=O) groups is 2. The summed E-state index contributed by atoms with van der Waals surface area (Å²) in [6.07, 6.45) is 2.13. The lowest BCUT2D eigenvalue weighted by atomic mass is 9.99. The van der Waals surface area contributed by atoms with E-state index in [1.54, 1.807) is 18.3 Å². The Balaban J connectivity index is 1.90. The molecule has 3 heterocycles. The maximum atomic E-state index is 12.2. The van der Waals surface area contributed by atoms with Crippen LogP contribution >= 0.6 is 0 Å². The molecule has 1 aromatic rings. The molecule has 2 fully saturated rings. The molecule has 2 aliphatic rings. The second-order valence-electron chi connectivity index (χ2n) is 5.03. The molecule has 0 radical (unpaired) electrons. The molecule has 0 aromatic carbocycles. The Morgan fingerprint density at radius 3 is 2.95 bits per heavy atom. The van der Waals surface area contributed by atoms with Crippen LogP contribution in [0.25, 0.3) is 0 Å². The molecule has 2 saturated heterocycles. The molecule has 7 heteroatoms. The number of nitrogens with one attached hydrogen (secondary N) is 1. The van der Waals surface area contributed by atoms with Crippen LogP contribution in [0, 0.1) is 11.3 Å². The van der Waals surface area contributed by atoms with Crippen molar-refractivity contribution in [3.05, 3.63) is 23.9 Å². The summed E-state index contributed by atoms with van der Waals surface area (Å²) in [5, 5.41) is 11.9. The van der Waals surface area contributed by atoms with Crippen LogP contribution in [0.5, 0.6) is 0 Å². The van der Waals surface area contributed by atoms with Crippen molar-refractivity contribution in [2.45, 2.75) is 12.0 Å². The third kappa shape index (κ3) is 1.61. The zero-order chi connectivity index (χ0) is 14.3. The van der Waals surface area contributed by atoms with Gasteiger partial charge in [-0.3, -0.25) is 9.69 Å². The maximum absolute atomic E-state index is 12.2. The number of hydrogen-bond donors (Lipinski definition) is 1. The standard InChI is InChI=1S/C13H13N5O2/c1-17-11(19)13(16-12(17)20)4-6-18(8-13)10-9(7-14)3-2-5-15-10/h2-3,5H,4,6,8H2,1H3,(H,16,20). The molecule has 2 aliphatic heterocycles. The number of likely N-dealkylation sites (N-methyl/N-ethyl adjacent to an activating group) is 1. The fourth-order valence-corrected chi connectivity index (χ4v) is 2.76. The highest BCUT2D eigenvalue weighted by Gasteiger charge is 2.53. The summed E-state index contributed by atoms with van der Waals surface area (Å²) in [5.41, 5.74) is -0.412. The van der Waals surface area contributed by atoms with Gasteiger partial charge in [0.1, 0.15) is 17.4 Å². The van der Waals surface area contributed by atoms with E-state index in [4.69, 9.17) is 5.26 Å². The van der Waals surface area contributed by atoms with E-state index in [2.05, 4.69) is 16.4 Å². The fraction of sp³-hybridized carbons (Fsp3) is 0.385. The van der Waals surface area contributed by atoms with Crippen LogP contribution in [-0.2, 0) is 4.79 Å². The van der Waals surface area contributed by atoms with Gasteiger partial charge in [-0.25, -0.2) is 9.78 Å². The van der Waals surface area contributed by atoms with Gasteiger partial charge in [0.2, 0.25) is 0 Å². The third-order valence-corrected chi connectivity index (χ3v) is 3.84. The van der Waals surface area contributed by atoms with Crippen molar-refractivity contribution in [1.29, 1.82) is 5.26 Å². The lowest BCUT2D eigenvalue weighted by Gasteiger charge is -2.22. The van der Waals surface area contributed by atoms with E-state index in [1.807, 2.05) is 4.90 Å². The van der Waals surface area contributed by atoms with Gasteiger partial charge in [0.25, 0.3) is 5.91 Å². The molecule has 3 rings (SSSR count). The van der Waals surface area contributed by atoms with E-state index in [0.717, 1.165) is 4.90 Å². The highest BCUT2D eigenvalue weighted by atomic mass is 16.2. The number of carbonyl (C=O) groups excluding carboxylic acids is 2. The van der Waals surface area contributed by atoms with Gasteiger partial charge in [-0.2, -0.15) is 5.26 Å². The Morgan fingerprint density at radius 2 is 2.30 bits per heavy atom. The summed E-state index contributed by atoms with van der Waals surface area (Å²) in [6, 6.07) is 5.10. The molecule has 1 spiro atoms. The second-order valence-corrected chi connectivity index (χ2v) is 5.03.